The first-order chi connectivity index (χ1) is 6.18. The Morgan fingerprint density at radius 3 is 2.85 bits per heavy atom. The molecule has 0 aromatic heterocycles. The molecule has 0 saturated carbocycles. The predicted octanol–water partition coefficient (Wildman–Crippen LogP) is 1.51. The zero-order valence-corrected chi connectivity index (χ0v) is 7.49. The van der Waals surface area contributed by atoms with Crippen LogP contribution in [0.2, 0.25) is 0 Å². The Morgan fingerprint density at radius 2 is 2.23 bits per heavy atom. The smallest absolute Gasteiger partial charge is 0.116 e. The molecule has 0 fully saturated rings. The first-order valence-corrected chi connectivity index (χ1v) is 4.14. The third-order valence-electron chi connectivity index (χ3n) is 1.48. The molecule has 0 radical (unpaired) electrons. The van der Waals surface area contributed by atoms with Crippen LogP contribution in [0.25, 0.3) is 0 Å². The highest BCUT2D eigenvalue weighted by Crippen LogP contribution is 2.09. The minimum atomic E-state index is -0.398. The molecule has 0 aliphatic heterocycles. The first kappa shape index (κ1) is 9.63. The minimum Gasteiger partial charge on any atom is -0.508 e. The Hall–Kier alpha value is -1.46. The van der Waals surface area contributed by atoms with Crippen LogP contribution in [0.1, 0.15) is 18.9 Å². The van der Waals surface area contributed by atoms with Crippen molar-refractivity contribution in [1.82, 2.24) is 0 Å². The van der Waals surface area contributed by atoms with E-state index < -0.39 is 6.10 Å². The highest BCUT2D eigenvalue weighted by atomic mass is 16.3. The van der Waals surface area contributed by atoms with Crippen molar-refractivity contribution < 1.29 is 10.2 Å². The molecule has 13 heavy (non-hydrogen) atoms. The van der Waals surface area contributed by atoms with Crippen molar-refractivity contribution in [1.29, 1.82) is 0 Å². The van der Waals surface area contributed by atoms with E-state index in [2.05, 4.69) is 11.8 Å². The van der Waals surface area contributed by atoms with Gasteiger partial charge in [-0.05, 0) is 25.1 Å². The monoisotopic (exact) mass is 176 g/mol. The molecule has 0 spiro atoms. The summed E-state index contributed by atoms with van der Waals surface area (Å²) in [5.41, 5.74) is 0.764. The molecule has 1 aromatic carbocycles. The summed E-state index contributed by atoms with van der Waals surface area (Å²) in [7, 11) is 0. The summed E-state index contributed by atoms with van der Waals surface area (Å²) in [6.07, 6.45) is 0.0557. The maximum Gasteiger partial charge on any atom is 0.116 e. The van der Waals surface area contributed by atoms with Gasteiger partial charge in [-0.2, -0.15) is 0 Å². The van der Waals surface area contributed by atoms with E-state index in [1.54, 1.807) is 25.1 Å². The number of phenols is 1. The van der Waals surface area contributed by atoms with Crippen molar-refractivity contribution in [2.45, 2.75) is 19.4 Å². The number of phenolic OH excluding ortho intramolecular Hbond substituents is 1. The fourth-order valence-electron chi connectivity index (χ4n) is 0.884. The maximum atomic E-state index is 9.10. The van der Waals surface area contributed by atoms with Gasteiger partial charge in [0.05, 0.1) is 6.10 Å². The van der Waals surface area contributed by atoms with Crippen molar-refractivity contribution in [3.63, 3.8) is 0 Å². The van der Waals surface area contributed by atoms with Crippen LogP contribution >= 0.6 is 0 Å². The largest absolute Gasteiger partial charge is 0.508 e. The van der Waals surface area contributed by atoms with Crippen LogP contribution in [0.3, 0.4) is 0 Å². The molecule has 2 heteroatoms. The van der Waals surface area contributed by atoms with E-state index in [0.29, 0.717) is 6.42 Å². The SMILES string of the molecule is CC(O)CC#Cc1cccc(O)c1. The van der Waals surface area contributed by atoms with Crippen molar-refractivity contribution in [3.8, 4) is 17.6 Å². The summed E-state index contributed by atoms with van der Waals surface area (Å²) in [6.45, 7) is 1.69. The summed E-state index contributed by atoms with van der Waals surface area (Å²) >= 11 is 0. The van der Waals surface area contributed by atoms with Crippen molar-refractivity contribution in [3.05, 3.63) is 29.8 Å². The number of hydrogen-bond donors (Lipinski definition) is 2. The first-order valence-electron chi connectivity index (χ1n) is 4.14. The molecule has 0 saturated heterocycles. The lowest BCUT2D eigenvalue weighted by Crippen LogP contribution is -1.95. The Kier molecular flexibility index (Phi) is 3.36. The fraction of sp³-hybridized carbons (Fsp3) is 0.273. The highest BCUT2D eigenvalue weighted by molar-refractivity contribution is 5.39. The normalized spacial score (nSPS) is 11.5. The molecule has 1 rings (SSSR count). The van der Waals surface area contributed by atoms with Gasteiger partial charge < -0.3 is 10.2 Å². The van der Waals surface area contributed by atoms with Gasteiger partial charge in [0.25, 0.3) is 0 Å². The standard InChI is InChI=1S/C11H12O2/c1-9(12)4-2-5-10-6-3-7-11(13)8-10/h3,6-9,12-13H,4H2,1H3. The average molecular weight is 176 g/mol. The quantitative estimate of drug-likeness (QED) is 0.637. The average Bonchev–Trinajstić information content (AvgIpc) is 2.03. The third kappa shape index (κ3) is 3.64. The molecule has 1 atom stereocenters. The lowest BCUT2D eigenvalue weighted by atomic mass is 10.2. The van der Waals surface area contributed by atoms with Gasteiger partial charge in [-0.1, -0.05) is 17.9 Å². The van der Waals surface area contributed by atoms with Crippen molar-refractivity contribution in [2.75, 3.05) is 0 Å². The molecule has 1 unspecified atom stereocenters. The number of hydrogen-bond acceptors (Lipinski definition) is 2. The van der Waals surface area contributed by atoms with E-state index in [1.807, 2.05) is 6.07 Å². The van der Waals surface area contributed by atoms with E-state index in [9.17, 15) is 0 Å². The molecule has 2 nitrogen and oxygen atoms in total. The van der Waals surface area contributed by atoms with E-state index in [4.69, 9.17) is 10.2 Å². The Balaban J connectivity index is 2.66. The van der Waals surface area contributed by atoms with Gasteiger partial charge >= 0.3 is 0 Å². The number of rotatable bonds is 1. The topological polar surface area (TPSA) is 40.5 Å². The van der Waals surface area contributed by atoms with Crippen LogP contribution in [0.15, 0.2) is 24.3 Å². The number of aliphatic hydroxyl groups excluding tert-OH is 1. The third-order valence-corrected chi connectivity index (χ3v) is 1.48. The van der Waals surface area contributed by atoms with Gasteiger partial charge in [0.1, 0.15) is 5.75 Å². The van der Waals surface area contributed by atoms with Gasteiger partial charge in [0.2, 0.25) is 0 Å². The summed E-state index contributed by atoms with van der Waals surface area (Å²) < 4.78 is 0. The van der Waals surface area contributed by atoms with E-state index in [-0.39, 0.29) is 5.75 Å². The highest BCUT2D eigenvalue weighted by Gasteiger charge is 1.90. The minimum absolute atomic E-state index is 0.212. The van der Waals surface area contributed by atoms with Crippen LogP contribution < -0.4 is 0 Å². The molecule has 1 aromatic rings. The second kappa shape index (κ2) is 4.54. The van der Waals surface area contributed by atoms with Gasteiger partial charge in [-0.25, -0.2) is 0 Å². The Morgan fingerprint density at radius 1 is 1.46 bits per heavy atom. The van der Waals surface area contributed by atoms with Crippen LogP contribution in [-0.2, 0) is 0 Å². The molecule has 0 aliphatic rings. The molecule has 0 aliphatic carbocycles. The zero-order chi connectivity index (χ0) is 9.68. The molecule has 68 valence electrons. The van der Waals surface area contributed by atoms with Crippen molar-refractivity contribution in [2.24, 2.45) is 0 Å². The van der Waals surface area contributed by atoms with Gasteiger partial charge in [0.15, 0.2) is 0 Å². The van der Waals surface area contributed by atoms with Crippen LogP contribution in [0.5, 0.6) is 5.75 Å². The predicted molar refractivity (Wildman–Crippen MR) is 51.3 cm³/mol. The van der Waals surface area contributed by atoms with E-state index in [1.165, 1.54) is 0 Å². The Bertz CT molecular complexity index is 331. The van der Waals surface area contributed by atoms with Crippen LogP contribution in [-0.4, -0.2) is 16.3 Å². The Labute approximate surface area is 77.8 Å². The lowest BCUT2D eigenvalue weighted by Gasteiger charge is -1.94. The molecule has 0 heterocycles. The van der Waals surface area contributed by atoms with Gasteiger partial charge in [-0.15, -0.1) is 0 Å². The summed E-state index contributed by atoms with van der Waals surface area (Å²) in [4.78, 5) is 0. The molecule has 2 N–H and O–H groups in total. The molecular formula is C11H12O2. The molecular weight excluding hydrogens is 164 g/mol. The second-order valence-electron chi connectivity index (χ2n) is 2.91. The van der Waals surface area contributed by atoms with Gasteiger partial charge in [0, 0.05) is 12.0 Å². The van der Waals surface area contributed by atoms with E-state index in [0.717, 1.165) is 5.56 Å². The second-order valence-corrected chi connectivity index (χ2v) is 2.91. The molecule has 0 amide bonds. The lowest BCUT2D eigenvalue weighted by molar-refractivity contribution is 0.201. The van der Waals surface area contributed by atoms with Crippen molar-refractivity contribution >= 4 is 0 Å². The number of aromatic hydroxyl groups is 1. The number of aliphatic hydroxyl groups is 1. The van der Waals surface area contributed by atoms with E-state index >= 15 is 0 Å². The maximum absolute atomic E-state index is 9.10. The van der Waals surface area contributed by atoms with Crippen LogP contribution in [0.4, 0.5) is 0 Å². The zero-order valence-electron chi connectivity index (χ0n) is 7.49. The summed E-state index contributed by atoms with van der Waals surface area (Å²) in [6, 6.07) is 6.74. The summed E-state index contributed by atoms with van der Waals surface area (Å²) in [5, 5.41) is 18.0. The van der Waals surface area contributed by atoms with Crippen LogP contribution in [0, 0.1) is 11.8 Å². The fourth-order valence-corrected chi connectivity index (χ4v) is 0.884. The number of benzene rings is 1. The molecule has 0 bridgehead atoms. The van der Waals surface area contributed by atoms with Gasteiger partial charge in [-0.3, -0.25) is 0 Å². The summed E-state index contributed by atoms with van der Waals surface area (Å²) in [5.74, 6) is 5.88.